The summed E-state index contributed by atoms with van der Waals surface area (Å²) in [6.45, 7) is 7.58. The minimum atomic E-state index is -0.531. The number of hydrogen-bond donors (Lipinski definition) is 0. The molecule has 11 heteroatoms. The standard InChI is InChI=1S/C30H33Cl2N5O4/c1-30(2)40-18-22(41-30)17-35-14-12-19(13-15-35)16-36-27-25(28(38)34(3)29(36)39)37(21-10-8-20(31)9-11-21)26(33-27)23-6-4-5-7-24(23)32/h4-11,19,22H,12-18H2,1-3H3/t22-/m0/s1. The van der Waals surface area contributed by atoms with Gasteiger partial charge < -0.3 is 14.4 Å². The number of hydrogen-bond acceptors (Lipinski definition) is 6. The van der Waals surface area contributed by atoms with Gasteiger partial charge in [0, 0.05) is 36.4 Å². The average molecular weight is 599 g/mol. The van der Waals surface area contributed by atoms with Crippen molar-refractivity contribution in [2.24, 2.45) is 13.0 Å². The Kier molecular flexibility index (Phi) is 7.59. The Morgan fingerprint density at radius 3 is 2.37 bits per heavy atom. The van der Waals surface area contributed by atoms with Crippen LogP contribution >= 0.6 is 23.2 Å². The topological polar surface area (TPSA) is 83.5 Å². The molecule has 1 atom stereocenters. The van der Waals surface area contributed by atoms with Gasteiger partial charge in [0.1, 0.15) is 5.82 Å². The predicted molar refractivity (Wildman–Crippen MR) is 160 cm³/mol. The molecule has 216 valence electrons. The molecule has 0 N–H and O–H groups in total. The Labute approximate surface area is 247 Å². The van der Waals surface area contributed by atoms with Crippen molar-refractivity contribution in [1.82, 2.24) is 23.6 Å². The van der Waals surface area contributed by atoms with Crippen molar-refractivity contribution in [3.05, 3.63) is 79.4 Å². The van der Waals surface area contributed by atoms with Crippen molar-refractivity contribution in [3.8, 4) is 17.1 Å². The first kappa shape index (κ1) is 28.2. The van der Waals surface area contributed by atoms with Crippen LogP contribution in [0.2, 0.25) is 10.0 Å². The Hall–Kier alpha value is -2.95. The Bertz CT molecular complexity index is 1700. The number of benzene rings is 2. The molecule has 0 saturated carbocycles. The highest BCUT2D eigenvalue weighted by Crippen LogP contribution is 2.32. The summed E-state index contributed by atoms with van der Waals surface area (Å²) in [6, 6.07) is 14.5. The molecular formula is C30H33Cl2N5O4. The van der Waals surface area contributed by atoms with Gasteiger partial charge in [-0.3, -0.25) is 18.5 Å². The first-order valence-corrected chi connectivity index (χ1v) is 14.6. The van der Waals surface area contributed by atoms with E-state index < -0.39 is 11.3 Å². The molecule has 9 nitrogen and oxygen atoms in total. The fourth-order valence-corrected chi connectivity index (χ4v) is 6.23. The van der Waals surface area contributed by atoms with E-state index in [0.717, 1.165) is 32.5 Å². The molecule has 4 heterocycles. The number of fused-ring (bicyclic) bond motifs is 1. The highest BCUT2D eigenvalue weighted by atomic mass is 35.5. The van der Waals surface area contributed by atoms with Crippen LogP contribution < -0.4 is 11.2 Å². The summed E-state index contributed by atoms with van der Waals surface area (Å²) >= 11 is 12.8. The van der Waals surface area contributed by atoms with Crippen LogP contribution in [-0.2, 0) is 23.1 Å². The van der Waals surface area contributed by atoms with E-state index in [1.807, 2.05) is 44.2 Å². The zero-order valence-electron chi connectivity index (χ0n) is 23.3. The number of imidazole rings is 1. The lowest BCUT2D eigenvalue weighted by Crippen LogP contribution is -2.43. The number of aromatic nitrogens is 4. The lowest BCUT2D eigenvalue weighted by molar-refractivity contribution is -0.140. The first-order chi connectivity index (χ1) is 19.6. The van der Waals surface area contributed by atoms with E-state index >= 15 is 0 Å². The molecule has 0 radical (unpaired) electrons. The molecule has 2 fully saturated rings. The highest BCUT2D eigenvalue weighted by Gasteiger charge is 2.34. The lowest BCUT2D eigenvalue weighted by Gasteiger charge is -2.33. The maximum Gasteiger partial charge on any atom is 0.332 e. The average Bonchev–Trinajstić information content (AvgIpc) is 3.51. The van der Waals surface area contributed by atoms with Crippen molar-refractivity contribution >= 4 is 34.4 Å². The number of ether oxygens (including phenoxy) is 2. The van der Waals surface area contributed by atoms with Crippen LogP contribution in [0, 0.1) is 5.92 Å². The Balaban J connectivity index is 1.37. The molecule has 0 aliphatic carbocycles. The smallest absolute Gasteiger partial charge is 0.332 e. The maximum absolute atomic E-state index is 13.6. The third kappa shape index (κ3) is 5.49. The number of rotatable bonds is 6. The molecule has 0 bridgehead atoms. The first-order valence-electron chi connectivity index (χ1n) is 13.9. The van der Waals surface area contributed by atoms with E-state index in [1.165, 1.54) is 11.6 Å². The molecule has 0 amide bonds. The van der Waals surface area contributed by atoms with Crippen LogP contribution in [0.1, 0.15) is 26.7 Å². The molecule has 2 aromatic heterocycles. The zero-order valence-corrected chi connectivity index (χ0v) is 24.9. The van der Waals surface area contributed by atoms with Crippen molar-refractivity contribution < 1.29 is 9.47 Å². The van der Waals surface area contributed by atoms with Crippen LogP contribution in [-0.4, -0.2) is 61.7 Å². The molecule has 2 aliphatic heterocycles. The third-order valence-corrected chi connectivity index (χ3v) is 8.60. The van der Waals surface area contributed by atoms with Crippen LogP contribution in [0.25, 0.3) is 28.2 Å². The fourth-order valence-electron chi connectivity index (χ4n) is 5.89. The van der Waals surface area contributed by atoms with Gasteiger partial charge in [0.15, 0.2) is 17.0 Å². The molecule has 2 aliphatic rings. The van der Waals surface area contributed by atoms with E-state index in [1.54, 1.807) is 27.3 Å². The van der Waals surface area contributed by atoms with Crippen LogP contribution in [0.5, 0.6) is 0 Å². The molecule has 2 saturated heterocycles. The van der Waals surface area contributed by atoms with Crippen molar-refractivity contribution in [3.63, 3.8) is 0 Å². The SMILES string of the molecule is Cn1c(=O)c2c(nc(-c3ccccc3Cl)n2-c2ccc(Cl)cc2)n(CC2CCN(C[C@H]3COC(C)(C)O3)CC2)c1=O. The number of halogens is 2. The number of nitrogens with zero attached hydrogens (tertiary/aromatic N) is 5. The van der Waals surface area contributed by atoms with Crippen LogP contribution in [0.15, 0.2) is 58.1 Å². The minimum Gasteiger partial charge on any atom is -0.348 e. The van der Waals surface area contributed by atoms with E-state index in [4.69, 9.17) is 37.7 Å². The summed E-state index contributed by atoms with van der Waals surface area (Å²) in [7, 11) is 1.52. The monoisotopic (exact) mass is 597 g/mol. The van der Waals surface area contributed by atoms with Crippen LogP contribution in [0.3, 0.4) is 0 Å². The van der Waals surface area contributed by atoms with Gasteiger partial charge in [-0.05, 0) is 82.1 Å². The van der Waals surface area contributed by atoms with E-state index in [-0.39, 0.29) is 17.7 Å². The molecule has 2 aromatic carbocycles. The van der Waals surface area contributed by atoms with E-state index in [2.05, 4.69) is 4.90 Å². The predicted octanol–water partition coefficient (Wildman–Crippen LogP) is 4.72. The fraction of sp³-hybridized carbons (Fsp3) is 0.433. The van der Waals surface area contributed by atoms with Gasteiger partial charge in [-0.2, -0.15) is 0 Å². The van der Waals surface area contributed by atoms with Crippen molar-refractivity contribution in [2.45, 2.75) is 45.1 Å². The Morgan fingerprint density at radius 2 is 1.71 bits per heavy atom. The second-order valence-electron chi connectivity index (χ2n) is 11.4. The minimum absolute atomic E-state index is 0.0625. The lowest BCUT2D eigenvalue weighted by atomic mass is 9.96. The molecule has 4 aromatic rings. The van der Waals surface area contributed by atoms with Gasteiger partial charge in [0.2, 0.25) is 0 Å². The van der Waals surface area contributed by atoms with Crippen LogP contribution in [0.4, 0.5) is 0 Å². The van der Waals surface area contributed by atoms with Gasteiger partial charge in [0.25, 0.3) is 5.56 Å². The van der Waals surface area contributed by atoms with Gasteiger partial charge in [0.05, 0.1) is 17.7 Å². The quantitative estimate of drug-likeness (QED) is 0.320. The summed E-state index contributed by atoms with van der Waals surface area (Å²) in [4.78, 5) is 34.5. The Morgan fingerprint density at radius 1 is 1.00 bits per heavy atom. The van der Waals surface area contributed by atoms with E-state index in [9.17, 15) is 9.59 Å². The maximum atomic E-state index is 13.6. The zero-order chi connectivity index (χ0) is 28.9. The third-order valence-electron chi connectivity index (χ3n) is 8.02. The summed E-state index contributed by atoms with van der Waals surface area (Å²) in [5.74, 6) is 0.212. The highest BCUT2D eigenvalue weighted by molar-refractivity contribution is 6.33. The summed E-state index contributed by atoms with van der Waals surface area (Å²) in [6.07, 6.45) is 1.90. The second kappa shape index (κ2) is 11.0. The molecule has 0 unspecified atom stereocenters. The molecule has 6 rings (SSSR count). The van der Waals surface area contributed by atoms with Crippen molar-refractivity contribution in [1.29, 1.82) is 0 Å². The number of likely N-dealkylation sites (tertiary alicyclic amines) is 1. The summed E-state index contributed by atoms with van der Waals surface area (Å²) < 4.78 is 16.3. The molecule has 41 heavy (non-hydrogen) atoms. The normalized spacial score (nSPS) is 19.8. The number of piperidine rings is 1. The van der Waals surface area contributed by atoms with Gasteiger partial charge in [-0.15, -0.1) is 0 Å². The van der Waals surface area contributed by atoms with Gasteiger partial charge in [-0.25, -0.2) is 9.78 Å². The molecular weight excluding hydrogens is 565 g/mol. The molecule has 0 spiro atoms. The second-order valence-corrected chi connectivity index (χ2v) is 12.2. The van der Waals surface area contributed by atoms with Gasteiger partial charge in [-0.1, -0.05) is 35.3 Å². The summed E-state index contributed by atoms with van der Waals surface area (Å²) in [5, 5.41) is 1.07. The largest absolute Gasteiger partial charge is 0.348 e. The van der Waals surface area contributed by atoms with Gasteiger partial charge >= 0.3 is 5.69 Å². The summed E-state index contributed by atoms with van der Waals surface area (Å²) in [5.41, 5.74) is 1.24. The van der Waals surface area contributed by atoms with Crippen molar-refractivity contribution in [2.75, 3.05) is 26.2 Å². The van der Waals surface area contributed by atoms with E-state index in [0.29, 0.717) is 51.4 Å².